The van der Waals surface area contributed by atoms with Crippen molar-refractivity contribution < 1.29 is 0 Å². The quantitative estimate of drug-likeness (QED) is 0.376. The van der Waals surface area contributed by atoms with E-state index in [2.05, 4.69) is 25.6 Å². The first-order valence-electron chi connectivity index (χ1n) is 9.91. The summed E-state index contributed by atoms with van der Waals surface area (Å²) < 4.78 is 3.68. The van der Waals surface area contributed by atoms with Crippen LogP contribution in [0.15, 0.2) is 73.1 Å². The third-order valence-corrected chi connectivity index (χ3v) is 6.12. The maximum Gasteiger partial charge on any atom is 0.132 e. The van der Waals surface area contributed by atoms with Gasteiger partial charge in [-0.2, -0.15) is 10.2 Å². The molecule has 3 heterocycles. The highest BCUT2D eigenvalue weighted by atomic mass is 35.5. The Bertz CT molecular complexity index is 1590. The number of halogens is 2. The van der Waals surface area contributed by atoms with Gasteiger partial charge in [-0.15, -0.1) is 5.10 Å². The van der Waals surface area contributed by atoms with Crippen LogP contribution in [0.2, 0.25) is 10.0 Å². The number of rotatable bonds is 4. The predicted octanol–water partition coefficient (Wildman–Crippen LogP) is 5.52. The van der Waals surface area contributed by atoms with Crippen molar-refractivity contribution in [3.63, 3.8) is 0 Å². The summed E-state index contributed by atoms with van der Waals surface area (Å²) in [5, 5.41) is 22.5. The average Bonchev–Trinajstić information content (AvgIpc) is 3.54. The highest BCUT2D eigenvalue weighted by Gasteiger charge is 2.16. The van der Waals surface area contributed by atoms with E-state index in [1.165, 1.54) is 0 Å². The van der Waals surface area contributed by atoms with Crippen LogP contribution >= 0.6 is 23.2 Å². The number of fused-ring (bicyclic) bond motifs is 2. The molecule has 1 N–H and O–H groups in total. The van der Waals surface area contributed by atoms with Crippen LogP contribution < -0.4 is 0 Å². The molecule has 0 unspecified atom stereocenters. The van der Waals surface area contributed by atoms with E-state index in [9.17, 15) is 0 Å². The summed E-state index contributed by atoms with van der Waals surface area (Å²) in [5.74, 6) is 0. The van der Waals surface area contributed by atoms with Gasteiger partial charge in [0.1, 0.15) is 5.52 Å². The first-order valence-corrected chi connectivity index (χ1v) is 10.7. The minimum absolute atomic E-state index is 0.525. The van der Waals surface area contributed by atoms with Gasteiger partial charge in [-0.3, -0.25) is 9.78 Å². The minimum atomic E-state index is 0.525. The molecule has 6 rings (SSSR count). The van der Waals surface area contributed by atoms with Crippen molar-refractivity contribution in [2.45, 2.75) is 6.54 Å². The fourth-order valence-electron chi connectivity index (χ4n) is 3.87. The van der Waals surface area contributed by atoms with Crippen molar-refractivity contribution in [3.05, 3.63) is 88.7 Å². The molecule has 0 fully saturated rings. The molecule has 0 radical (unpaired) electrons. The number of H-pyrrole nitrogens is 1. The van der Waals surface area contributed by atoms with E-state index in [0.717, 1.165) is 38.9 Å². The molecule has 0 aliphatic rings. The normalized spacial score (nSPS) is 11.6. The lowest BCUT2D eigenvalue weighted by atomic mass is 10.1. The van der Waals surface area contributed by atoms with Crippen LogP contribution in [0.3, 0.4) is 0 Å². The molecule has 7 nitrogen and oxygen atoms in total. The molecule has 0 atom stereocenters. The molecule has 0 bridgehead atoms. The van der Waals surface area contributed by atoms with Gasteiger partial charge < -0.3 is 0 Å². The van der Waals surface area contributed by atoms with E-state index in [-0.39, 0.29) is 0 Å². The smallest absolute Gasteiger partial charge is 0.132 e. The number of benzene rings is 3. The highest BCUT2D eigenvalue weighted by Crippen LogP contribution is 2.31. The lowest BCUT2D eigenvalue weighted by molar-refractivity contribution is 0.694. The fourth-order valence-corrected chi connectivity index (χ4v) is 4.32. The maximum absolute atomic E-state index is 6.61. The number of hydrogen-bond donors (Lipinski definition) is 1. The van der Waals surface area contributed by atoms with Gasteiger partial charge in [-0.1, -0.05) is 46.6 Å². The third kappa shape index (κ3) is 3.14. The molecule has 0 aliphatic carbocycles. The molecule has 3 aromatic carbocycles. The van der Waals surface area contributed by atoms with Crippen molar-refractivity contribution in [3.8, 4) is 16.9 Å². The van der Waals surface area contributed by atoms with E-state index in [1.54, 1.807) is 17.1 Å². The lowest BCUT2D eigenvalue weighted by Crippen LogP contribution is -2.04. The zero-order chi connectivity index (χ0) is 21.7. The van der Waals surface area contributed by atoms with E-state index >= 15 is 0 Å². The molecule has 0 saturated heterocycles. The Kier molecular flexibility index (Phi) is 4.45. The van der Waals surface area contributed by atoms with Crippen molar-refractivity contribution in [2.75, 3.05) is 0 Å². The van der Waals surface area contributed by atoms with Crippen LogP contribution in [0, 0.1) is 0 Å². The summed E-state index contributed by atoms with van der Waals surface area (Å²) in [6.45, 7) is 0.547. The second-order valence-corrected chi connectivity index (χ2v) is 8.25. The molecular formula is C23H15Cl2N7. The predicted molar refractivity (Wildman–Crippen MR) is 125 cm³/mol. The minimum Gasteiger partial charge on any atom is -0.278 e. The summed E-state index contributed by atoms with van der Waals surface area (Å²) >= 11 is 13.0. The summed E-state index contributed by atoms with van der Waals surface area (Å²) in [6.07, 6.45) is 3.56. The van der Waals surface area contributed by atoms with Crippen LogP contribution in [-0.2, 0) is 6.54 Å². The SMILES string of the molecule is Clc1ccccc1Cn1nccc1-c1cc(Cl)c2nnn(-c3ccc4cn[nH]c4c3)c2c1. The summed E-state index contributed by atoms with van der Waals surface area (Å²) in [6, 6.07) is 19.6. The monoisotopic (exact) mass is 459 g/mol. The Labute approximate surface area is 192 Å². The van der Waals surface area contributed by atoms with Crippen molar-refractivity contribution in [2.24, 2.45) is 0 Å². The Balaban J connectivity index is 1.47. The van der Waals surface area contributed by atoms with Gasteiger partial charge in [-0.05, 0) is 48.0 Å². The van der Waals surface area contributed by atoms with E-state index < -0.39 is 0 Å². The average molecular weight is 460 g/mol. The number of nitrogens with zero attached hydrogens (tertiary/aromatic N) is 6. The number of hydrogen-bond acceptors (Lipinski definition) is 4. The molecular weight excluding hydrogens is 445 g/mol. The first-order chi connectivity index (χ1) is 15.7. The van der Waals surface area contributed by atoms with Crippen LogP contribution in [-0.4, -0.2) is 35.0 Å². The number of aromatic amines is 1. The molecule has 9 heteroatoms. The summed E-state index contributed by atoms with van der Waals surface area (Å²) in [7, 11) is 0. The van der Waals surface area contributed by atoms with Gasteiger partial charge in [0, 0.05) is 22.2 Å². The van der Waals surface area contributed by atoms with Crippen LogP contribution in [0.4, 0.5) is 0 Å². The third-order valence-electron chi connectivity index (χ3n) is 5.47. The van der Waals surface area contributed by atoms with E-state index in [1.807, 2.05) is 65.3 Å². The summed E-state index contributed by atoms with van der Waals surface area (Å²) in [4.78, 5) is 0. The maximum atomic E-state index is 6.61. The molecule has 0 saturated carbocycles. The molecule has 32 heavy (non-hydrogen) atoms. The van der Waals surface area contributed by atoms with Gasteiger partial charge in [-0.25, -0.2) is 4.68 Å². The molecule has 3 aromatic heterocycles. The first kappa shape index (κ1) is 19.0. The van der Waals surface area contributed by atoms with Gasteiger partial charge >= 0.3 is 0 Å². The Morgan fingerprint density at radius 2 is 1.84 bits per heavy atom. The van der Waals surface area contributed by atoms with E-state index in [0.29, 0.717) is 22.1 Å². The Hall–Kier alpha value is -3.68. The molecule has 0 aliphatic heterocycles. The zero-order valence-corrected chi connectivity index (χ0v) is 18.1. The molecule has 0 spiro atoms. The highest BCUT2D eigenvalue weighted by molar-refractivity contribution is 6.35. The standard InChI is InChI=1S/C23H15Cl2N7/c24-18-4-2-1-3-15(18)13-31-21(7-8-27-31)16-9-19(25)23-22(10-16)32(30-29-23)17-6-5-14-12-26-28-20(14)11-17/h1-12H,13H2,(H,26,28). The van der Waals surface area contributed by atoms with Crippen LogP contribution in [0.1, 0.15) is 5.56 Å². The Morgan fingerprint density at radius 3 is 2.75 bits per heavy atom. The second kappa shape index (κ2) is 7.47. The van der Waals surface area contributed by atoms with Crippen LogP contribution in [0.5, 0.6) is 0 Å². The number of nitrogens with one attached hydrogen (secondary N) is 1. The van der Waals surface area contributed by atoms with Gasteiger partial charge in [0.15, 0.2) is 0 Å². The van der Waals surface area contributed by atoms with Crippen molar-refractivity contribution in [1.29, 1.82) is 0 Å². The van der Waals surface area contributed by atoms with Crippen LogP contribution in [0.25, 0.3) is 38.9 Å². The number of aromatic nitrogens is 7. The van der Waals surface area contributed by atoms with Crippen molar-refractivity contribution in [1.82, 2.24) is 35.0 Å². The lowest BCUT2D eigenvalue weighted by Gasteiger charge is -2.10. The second-order valence-electron chi connectivity index (χ2n) is 7.43. The topological polar surface area (TPSA) is 77.2 Å². The zero-order valence-electron chi connectivity index (χ0n) is 16.6. The van der Waals surface area contributed by atoms with E-state index in [4.69, 9.17) is 23.2 Å². The Morgan fingerprint density at radius 1 is 0.938 bits per heavy atom. The van der Waals surface area contributed by atoms with Gasteiger partial charge in [0.25, 0.3) is 0 Å². The van der Waals surface area contributed by atoms with Gasteiger partial charge in [0.2, 0.25) is 0 Å². The summed E-state index contributed by atoms with van der Waals surface area (Å²) in [5.41, 5.74) is 6.05. The fraction of sp³-hybridized carbons (Fsp3) is 0.0435. The largest absolute Gasteiger partial charge is 0.278 e. The molecule has 156 valence electrons. The van der Waals surface area contributed by atoms with Gasteiger partial charge in [0.05, 0.1) is 40.2 Å². The molecule has 0 amide bonds. The molecule has 6 aromatic rings. The van der Waals surface area contributed by atoms with Crippen molar-refractivity contribution >= 4 is 45.1 Å².